The van der Waals surface area contributed by atoms with Crippen molar-refractivity contribution < 1.29 is 4.79 Å². The molecule has 2 heterocycles. The standard InChI is InChI=1S/C24H21ClN2O2/c1-14-20(16(3)28)24(29)21-15(2)27(13-18-11-7-8-12-19(18)25)23(22(21)26-14)17-9-5-4-6-10-17/h4-12,26H,13H2,1-3H3. The van der Waals surface area contributed by atoms with Crippen LogP contribution in [0.1, 0.15) is 34.2 Å². The van der Waals surface area contributed by atoms with Gasteiger partial charge in [0.2, 0.25) is 5.43 Å². The molecule has 2 aromatic heterocycles. The number of hydrogen-bond acceptors (Lipinski definition) is 2. The van der Waals surface area contributed by atoms with Gasteiger partial charge in [0.25, 0.3) is 0 Å². The molecule has 0 bridgehead atoms. The van der Waals surface area contributed by atoms with Crippen LogP contribution in [0, 0.1) is 13.8 Å². The summed E-state index contributed by atoms with van der Waals surface area (Å²) in [6, 6.07) is 17.6. The van der Waals surface area contributed by atoms with E-state index in [4.69, 9.17) is 11.6 Å². The maximum atomic E-state index is 13.2. The smallest absolute Gasteiger partial charge is 0.202 e. The third-order valence-electron chi connectivity index (χ3n) is 5.35. The molecule has 0 radical (unpaired) electrons. The van der Waals surface area contributed by atoms with Crippen LogP contribution in [0.2, 0.25) is 5.02 Å². The largest absolute Gasteiger partial charge is 0.356 e. The van der Waals surface area contributed by atoms with Crippen LogP contribution in [0.4, 0.5) is 0 Å². The van der Waals surface area contributed by atoms with Gasteiger partial charge in [-0.3, -0.25) is 9.59 Å². The number of Topliss-reactive ketones (excluding diaryl/α,β-unsaturated/α-hetero) is 1. The van der Waals surface area contributed by atoms with Gasteiger partial charge >= 0.3 is 0 Å². The predicted octanol–water partition coefficient (Wildman–Crippen LogP) is 5.52. The molecule has 2 aromatic carbocycles. The van der Waals surface area contributed by atoms with E-state index < -0.39 is 0 Å². The predicted molar refractivity (Wildman–Crippen MR) is 118 cm³/mol. The number of nitrogens with one attached hydrogen (secondary N) is 1. The monoisotopic (exact) mass is 404 g/mol. The van der Waals surface area contributed by atoms with E-state index in [1.165, 1.54) is 6.92 Å². The molecule has 4 nitrogen and oxygen atoms in total. The van der Waals surface area contributed by atoms with Crippen molar-refractivity contribution in [3.63, 3.8) is 0 Å². The average Bonchev–Trinajstić information content (AvgIpc) is 2.95. The van der Waals surface area contributed by atoms with Crippen molar-refractivity contribution in [1.29, 1.82) is 0 Å². The van der Waals surface area contributed by atoms with Crippen LogP contribution < -0.4 is 5.43 Å². The minimum absolute atomic E-state index is 0.218. The first-order chi connectivity index (χ1) is 13.9. The fraction of sp³-hybridized carbons (Fsp3) is 0.167. The third kappa shape index (κ3) is 3.19. The van der Waals surface area contributed by atoms with Gasteiger partial charge < -0.3 is 9.55 Å². The maximum absolute atomic E-state index is 13.2. The van der Waals surface area contributed by atoms with Crippen LogP contribution in [-0.2, 0) is 6.54 Å². The SMILES string of the molecule is CC(=O)c1c(C)[nH]c2c(-c3ccccc3)n(Cc3ccccc3Cl)c(C)c2c1=O. The molecule has 0 saturated heterocycles. The van der Waals surface area contributed by atoms with Crippen LogP contribution in [0.15, 0.2) is 59.4 Å². The van der Waals surface area contributed by atoms with Gasteiger partial charge in [-0.2, -0.15) is 0 Å². The first kappa shape index (κ1) is 19.2. The molecular weight excluding hydrogens is 384 g/mol. The molecule has 0 saturated carbocycles. The lowest BCUT2D eigenvalue weighted by Crippen LogP contribution is -2.16. The number of aryl methyl sites for hydroxylation is 2. The van der Waals surface area contributed by atoms with Gasteiger partial charge in [0, 0.05) is 28.5 Å². The Balaban J connectivity index is 2.10. The molecule has 5 heteroatoms. The lowest BCUT2D eigenvalue weighted by molar-refractivity contribution is 0.101. The number of halogens is 1. The molecule has 0 aliphatic rings. The second kappa shape index (κ2) is 7.37. The number of aromatic amines is 1. The van der Waals surface area contributed by atoms with Crippen LogP contribution in [0.3, 0.4) is 0 Å². The van der Waals surface area contributed by atoms with Crippen molar-refractivity contribution in [1.82, 2.24) is 9.55 Å². The summed E-state index contributed by atoms with van der Waals surface area (Å²) in [5, 5.41) is 1.22. The second-order valence-electron chi connectivity index (χ2n) is 7.24. The number of rotatable bonds is 4. The van der Waals surface area contributed by atoms with Gasteiger partial charge in [-0.1, -0.05) is 60.1 Å². The van der Waals surface area contributed by atoms with Crippen molar-refractivity contribution in [2.45, 2.75) is 27.3 Å². The topological polar surface area (TPSA) is 54.9 Å². The van der Waals surface area contributed by atoms with E-state index in [0.717, 1.165) is 28.0 Å². The lowest BCUT2D eigenvalue weighted by atomic mass is 10.0. The Bertz CT molecular complexity index is 1300. The molecule has 0 unspecified atom stereocenters. The highest BCUT2D eigenvalue weighted by molar-refractivity contribution is 6.31. The summed E-state index contributed by atoms with van der Waals surface area (Å²) < 4.78 is 2.10. The van der Waals surface area contributed by atoms with Gasteiger partial charge in [0.05, 0.1) is 22.2 Å². The fourth-order valence-corrected chi connectivity index (χ4v) is 4.19. The molecule has 0 atom stereocenters. The lowest BCUT2D eigenvalue weighted by Gasteiger charge is -2.13. The number of nitrogens with zero attached hydrogens (tertiary/aromatic N) is 1. The second-order valence-corrected chi connectivity index (χ2v) is 7.65. The van der Waals surface area contributed by atoms with E-state index in [1.807, 2.05) is 61.5 Å². The van der Waals surface area contributed by atoms with E-state index >= 15 is 0 Å². The quantitative estimate of drug-likeness (QED) is 0.455. The van der Waals surface area contributed by atoms with Gasteiger partial charge in [-0.25, -0.2) is 0 Å². The number of pyridine rings is 1. The number of aromatic nitrogens is 2. The molecule has 1 N–H and O–H groups in total. The Labute approximate surface area is 173 Å². The van der Waals surface area contributed by atoms with Crippen LogP contribution in [-0.4, -0.2) is 15.3 Å². The molecule has 0 fully saturated rings. The van der Waals surface area contributed by atoms with Crippen molar-refractivity contribution in [3.05, 3.63) is 92.4 Å². The van der Waals surface area contributed by atoms with Gasteiger partial charge in [0.1, 0.15) is 0 Å². The number of benzene rings is 2. The van der Waals surface area contributed by atoms with Crippen molar-refractivity contribution in [2.24, 2.45) is 0 Å². The molecule has 0 aliphatic carbocycles. The first-order valence-electron chi connectivity index (χ1n) is 9.45. The van der Waals surface area contributed by atoms with Crippen LogP contribution in [0.5, 0.6) is 0 Å². The Hall–Kier alpha value is -3.11. The highest BCUT2D eigenvalue weighted by Gasteiger charge is 2.23. The molecule has 29 heavy (non-hydrogen) atoms. The van der Waals surface area contributed by atoms with E-state index in [0.29, 0.717) is 22.6 Å². The number of H-pyrrole nitrogens is 1. The van der Waals surface area contributed by atoms with Gasteiger partial charge in [-0.15, -0.1) is 0 Å². The molecule has 0 aliphatic heterocycles. The summed E-state index contributed by atoms with van der Waals surface area (Å²) in [5.41, 5.74) is 4.99. The molecule has 146 valence electrons. The number of ketones is 1. The van der Waals surface area contributed by atoms with E-state index in [-0.39, 0.29) is 16.8 Å². The first-order valence-corrected chi connectivity index (χ1v) is 9.83. The van der Waals surface area contributed by atoms with Crippen molar-refractivity contribution >= 4 is 28.3 Å². The van der Waals surface area contributed by atoms with Crippen LogP contribution in [0.25, 0.3) is 22.2 Å². The van der Waals surface area contributed by atoms with Gasteiger partial charge in [-0.05, 0) is 32.4 Å². The summed E-state index contributed by atoms with van der Waals surface area (Å²) in [5.74, 6) is -0.231. The van der Waals surface area contributed by atoms with Gasteiger partial charge in [0.15, 0.2) is 5.78 Å². The molecule has 4 aromatic rings. The van der Waals surface area contributed by atoms with Crippen LogP contribution >= 0.6 is 11.6 Å². The summed E-state index contributed by atoms with van der Waals surface area (Å²) in [6.45, 7) is 5.64. The van der Waals surface area contributed by atoms with Crippen molar-refractivity contribution in [3.8, 4) is 11.3 Å². The summed E-state index contributed by atoms with van der Waals surface area (Å²) in [4.78, 5) is 28.7. The zero-order valence-corrected chi connectivity index (χ0v) is 17.3. The number of carbonyl (C=O) groups is 1. The Morgan fingerprint density at radius 1 is 1.03 bits per heavy atom. The summed E-state index contributed by atoms with van der Waals surface area (Å²) >= 11 is 6.42. The van der Waals surface area contributed by atoms with Crippen molar-refractivity contribution in [2.75, 3.05) is 0 Å². The number of carbonyl (C=O) groups excluding carboxylic acids is 1. The van der Waals surface area contributed by atoms with E-state index in [9.17, 15) is 9.59 Å². The maximum Gasteiger partial charge on any atom is 0.202 e. The molecular formula is C24H21ClN2O2. The summed E-state index contributed by atoms with van der Waals surface area (Å²) in [7, 11) is 0. The Morgan fingerprint density at radius 3 is 2.34 bits per heavy atom. The van der Waals surface area contributed by atoms with E-state index in [2.05, 4.69) is 9.55 Å². The normalized spacial score (nSPS) is 11.2. The van der Waals surface area contributed by atoms with E-state index in [1.54, 1.807) is 6.92 Å². The zero-order valence-electron chi connectivity index (χ0n) is 16.5. The average molecular weight is 405 g/mol. The Morgan fingerprint density at radius 2 is 1.69 bits per heavy atom. The highest BCUT2D eigenvalue weighted by Crippen LogP contribution is 2.33. The molecule has 0 amide bonds. The zero-order chi connectivity index (χ0) is 20.7. The number of hydrogen-bond donors (Lipinski definition) is 1. The fourth-order valence-electron chi connectivity index (χ4n) is 4.00. The molecule has 0 spiro atoms. The Kier molecular flexibility index (Phi) is 4.89. The summed E-state index contributed by atoms with van der Waals surface area (Å²) in [6.07, 6.45) is 0. The third-order valence-corrected chi connectivity index (χ3v) is 5.72. The highest BCUT2D eigenvalue weighted by atomic mass is 35.5. The minimum atomic E-state index is -0.231. The number of fused-ring (bicyclic) bond motifs is 1. The minimum Gasteiger partial charge on any atom is -0.356 e. The molecule has 4 rings (SSSR count).